The van der Waals surface area contributed by atoms with Crippen LogP contribution < -0.4 is 4.74 Å². The van der Waals surface area contributed by atoms with Gasteiger partial charge in [0.15, 0.2) is 18.1 Å². The van der Waals surface area contributed by atoms with Crippen molar-refractivity contribution >= 4 is 17.2 Å². The number of carbonyl (C=O) groups excluding carboxylic acids is 1. The Labute approximate surface area is 128 Å². The first-order valence-corrected chi connectivity index (χ1v) is 7.70. The molecule has 1 heterocycles. The van der Waals surface area contributed by atoms with Gasteiger partial charge in [0.05, 0.1) is 6.54 Å². The van der Waals surface area contributed by atoms with Gasteiger partial charge >= 0.3 is 0 Å². The van der Waals surface area contributed by atoms with Gasteiger partial charge in [0.1, 0.15) is 0 Å². The minimum Gasteiger partial charge on any atom is -0.504 e. The Kier molecular flexibility index (Phi) is 5.22. The first-order chi connectivity index (χ1) is 10.1. The molecule has 2 rings (SSSR count). The van der Waals surface area contributed by atoms with Crippen LogP contribution in [0.15, 0.2) is 35.7 Å². The summed E-state index contributed by atoms with van der Waals surface area (Å²) in [5.41, 5.74) is 0.944. The number of carbonyl (C=O) groups is 1. The molecule has 1 aromatic heterocycles. The lowest BCUT2D eigenvalue weighted by atomic mass is 10.2. The van der Waals surface area contributed by atoms with Crippen molar-refractivity contribution in [2.24, 2.45) is 0 Å². The van der Waals surface area contributed by atoms with Gasteiger partial charge in [-0.1, -0.05) is 12.1 Å². The zero-order chi connectivity index (χ0) is 15.2. The lowest BCUT2D eigenvalue weighted by Gasteiger charge is -2.20. The Balaban J connectivity index is 1.93. The fourth-order valence-corrected chi connectivity index (χ4v) is 2.67. The molecule has 4 nitrogen and oxygen atoms in total. The van der Waals surface area contributed by atoms with Gasteiger partial charge in [-0.3, -0.25) is 4.79 Å². The molecule has 0 aliphatic heterocycles. The number of aryl methyl sites for hydroxylation is 1. The molecule has 0 atom stereocenters. The van der Waals surface area contributed by atoms with Gasteiger partial charge in [-0.2, -0.15) is 0 Å². The third-order valence-corrected chi connectivity index (χ3v) is 3.99. The summed E-state index contributed by atoms with van der Waals surface area (Å²) >= 11 is 1.63. The summed E-state index contributed by atoms with van der Waals surface area (Å²) in [5.74, 6) is 0.302. The van der Waals surface area contributed by atoms with Crippen LogP contribution in [0.2, 0.25) is 0 Å². The van der Waals surface area contributed by atoms with Gasteiger partial charge in [-0.25, -0.2) is 0 Å². The Hall–Kier alpha value is -2.01. The molecule has 21 heavy (non-hydrogen) atoms. The van der Waals surface area contributed by atoms with E-state index in [-0.39, 0.29) is 18.3 Å². The number of ether oxygens (including phenoxy) is 1. The fraction of sp³-hybridized carbons (Fsp3) is 0.312. The number of amides is 1. The van der Waals surface area contributed by atoms with E-state index in [2.05, 4.69) is 0 Å². The monoisotopic (exact) mass is 305 g/mol. The van der Waals surface area contributed by atoms with Crippen LogP contribution in [0.5, 0.6) is 11.5 Å². The zero-order valence-electron chi connectivity index (χ0n) is 12.2. The van der Waals surface area contributed by atoms with Gasteiger partial charge in [-0.05, 0) is 43.0 Å². The van der Waals surface area contributed by atoms with E-state index in [1.165, 1.54) is 0 Å². The molecule has 112 valence electrons. The van der Waals surface area contributed by atoms with Crippen LogP contribution in [0.25, 0.3) is 0 Å². The molecule has 0 radical (unpaired) electrons. The largest absolute Gasteiger partial charge is 0.504 e. The maximum absolute atomic E-state index is 12.2. The highest BCUT2D eigenvalue weighted by Crippen LogP contribution is 2.26. The van der Waals surface area contributed by atoms with Crippen LogP contribution in [0.4, 0.5) is 0 Å². The van der Waals surface area contributed by atoms with E-state index in [1.807, 2.05) is 37.4 Å². The molecule has 0 unspecified atom stereocenters. The first-order valence-electron chi connectivity index (χ1n) is 6.82. The van der Waals surface area contributed by atoms with Crippen molar-refractivity contribution < 1.29 is 14.6 Å². The van der Waals surface area contributed by atoms with E-state index in [9.17, 15) is 9.90 Å². The van der Waals surface area contributed by atoms with E-state index in [0.717, 1.165) is 10.4 Å². The average molecular weight is 305 g/mol. The number of rotatable bonds is 6. The summed E-state index contributed by atoms with van der Waals surface area (Å²) < 4.78 is 5.42. The van der Waals surface area contributed by atoms with Crippen LogP contribution in [0.3, 0.4) is 0 Å². The standard InChI is InChI=1S/C16H19NO3S/c1-3-17(10-13-5-4-8-21-13)16(19)11-20-15-7-6-12(2)9-14(15)18/h4-9,18H,3,10-11H2,1-2H3. The van der Waals surface area contributed by atoms with Gasteiger partial charge in [-0.15, -0.1) is 11.3 Å². The maximum Gasteiger partial charge on any atom is 0.260 e. The molecule has 0 aliphatic rings. The summed E-state index contributed by atoms with van der Waals surface area (Å²) in [5, 5.41) is 11.8. The summed E-state index contributed by atoms with van der Waals surface area (Å²) in [4.78, 5) is 15.1. The molecule has 0 saturated heterocycles. The summed E-state index contributed by atoms with van der Waals surface area (Å²) in [6.07, 6.45) is 0. The van der Waals surface area contributed by atoms with E-state index in [4.69, 9.17) is 4.74 Å². The molecule has 1 amide bonds. The molecular formula is C16H19NO3S. The Morgan fingerprint density at radius 3 is 2.81 bits per heavy atom. The SMILES string of the molecule is CCN(Cc1cccs1)C(=O)COc1ccc(C)cc1O. The third-order valence-electron chi connectivity index (χ3n) is 3.13. The van der Waals surface area contributed by atoms with Gasteiger partial charge in [0.2, 0.25) is 0 Å². The second kappa shape index (κ2) is 7.13. The van der Waals surface area contributed by atoms with Crippen LogP contribution in [-0.2, 0) is 11.3 Å². The number of likely N-dealkylation sites (N-methyl/N-ethyl adjacent to an activating group) is 1. The van der Waals surface area contributed by atoms with Crippen LogP contribution >= 0.6 is 11.3 Å². The lowest BCUT2D eigenvalue weighted by Crippen LogP contribution is -2.34. The number of benzene rings is 1. The third kappa shape index (κ3) is 4.23. The van der Waals surface area contributed by atoms with Crippen molar-refractivity contribution in [2.45, 2.75) is 20.4 Å². The van der Waals surface area contributed by atoms with Crippen LogP contribution in [-0.4, -0.2) is 29.1 Å². The number of nitrogens with zero attached hydrogens (tertiary/aromatic N) is 1. The number of phenols is 1. The Bertz CT molecular complexity index is 596. The second-order valence-corrected chi connectivity index (χ2v) is 5.78. The summed E-state index contributed by atoms with van der Waals surface area (Å²) in [6, 6.07) is 9.10. The number of thiophene rings is 1. The minimum atomic E-state index is -0.0918. The van der Waals surface area contributed by atoms with Crippen molar-refractivity contribution in [3.63, 3.8) is 0 Å². The summed E-state index contributed by atoms with van der Waals surface area (Å²) in [7, 11) is 0. The Morgan fingerprint density at radius 2 is 2.19 bits per heavy atom. The van der Waals surface area contributed by atoms with Crippen molar-refractivity contribution in [1.29, 1.82) is 0 Å². The van der Waals surface area contributed by atoms with Crippen LogP contribution in [0, 0.1) is 6.92 Å². The van der Waals surface area contributed by atoms with Crippen LogP contribution in [0.1, 0.15) is 17.4 Å². The Morgan fingerprint density at radius 1 is 1.38 bits per heavy atom. The highest BCUT2D eigenvalue weighted by Gasteiger charge is 2.14. The van der Waals surface area contributed by atoms with Crippen molar-refractivity contribution in [2.75, 3.05) is 13.2 Å². The van der Waals surface area contributed by atoms with Gasteiger partial charge in [0.25, 0.3) is 5.91 Å². The molecule has 0 fully saturated rings. The quantitative estimate of drug-likeness (QED) is 0.891. The highest BCUT2D eigenvalue weighted by molar-refractivity contribution is 7.09. The number of hydrogen-bond acceptors (Lipinski definition) is 4. The molecular weight excluding hydrogens is 286 g/mol. The average Bonchev–Trinajstić information content (AvgIpc) is 2.96. The zero-order valence-corrected chi connectivity index (χ0v) is 13.0. The molecule has 1 aromatic carbocycles. The maximum atomic E-state index is 12.2. The molecule has 2 aromatic rings. The first kappa shape index (κ1) is 15.4. The minimum absolute atomic E-state index is 0.0594. The lowest BCUT2D eigenvalue weighted by molar-refractivity contribution is -0.133. The molecule has 0 aliphatic carbocycles. The molecule has 0 saturated carbocycles. The van der Waals surface area contributed by atoms with Crippen molar-refractivity contribution in [1.82, 2.24) is 4.90 Å². The number of aromatic hydroxyl groups is 1. The van der Waals surface area contributed by atoms with E-state index in [1.54, 1.807) is 28.4 Å². The highest BCUT2D eigenvalue weighted by atomic mass is 32.1. The fourth-order valence-electron chi connectivity index (χ4n) is 1.95. The molecule has 1 N–H and O–H groups in total. The second-order valence-electron chi connectivity index (χ2n) is 4.75. The van der Waals surface area contributed by atoms with Crippen molar-refractivity contribution in [3.8, 4) is 11.5 Å². The predicted octanol–water partition coefficient (Wildman–Crippen LogP) is 3.19. The topological polar surface area (TPSA) is 49.8 Å². The smallest absolute Gasteiger partial charge is 0.260 e. The van der Waals surface area contributed by atoms with Gasteiger partial charge in [0, 0.05) is 11.4 Å². The summed E-state index contributed by atoms with van der Waals surface area (Å²) in [6.45, 7) is 4.97. The number of phenolic OH excluding ortho intramolecular Hbond substituents is 1. The molecule has 0 bridgehead atoms. The van der Waals surface area contributed by atoms with E-state index in [0.29, 0.717) is 18.8 Å². The molecule has 0 spiro atoms. The van der Waals surface area contributed by atoms with Crippen molar-refractivity contribution in [3.05, 3.63) is 46.2 Å². The molecule has 5 heteroatoms. The number of hydrogen-bond donors (Lipinski definition) is 1. The van der Waals surface area contributed by atoms with E-state index >= 15 is 0 Å². The normalized spacial score (nSPS) is 10.4. The van der Waals surface area contributed by atoms with Gasteiger partial charge < -0.3 is 14.7 Å². The predicted molar refractivity (Wildman–Crippen MR) is 83.7 cm³/mol. The van der Waals surface area contributed by atoms with E-state index < -0.39 is 0 Å².